The molecule has 4 aliphatic rings. The summed E-state index contributed by atoms with van der Waals surface area (Å²) >= 11 is 0. The minimum absolute atomic E-state index is 0.117. The third kappa shape index (κ3) is 1.61. The summed E-state index contributed by atoms with van der Waals surface area (Å²) in [6.07, 6.45) is 3.00. The van der Waals surface area contributed by atoms with E-state index in [9.17, 15) is 5.11 Å². The van der Waals surface area contributed by atoms with E-state index in [0.29, 0.717) is 0 Å². The fraction of sp³-hybridized carbons (Fsp3) is 0.684. The largest absolute Gasteiger partial charge is 0.493 e. The molecule has 1 spiro atoms. The fourth-order valence-electron chi connectivity index (χ4n) is 5.36. The SMILES string of the molecule is COc1ccc2c3c1OC(OC)C31CN(CC3CC3)C(C2)C1(C)O. The summed E-state index contributed by atoms with van der Waals surface area (Å²) < 4.78 is 17.5. The number of fused-ring (bicyclic) bond motifs is 1. The molecule has 2 bridgehead atoms. The molecule has 0 aromatic heterocycles. The summed E-state index contributed by atoms with van der Waals surface area (Å²) in [5, 5.41) is 11.6. The van der Waals surface area contributed by atoms with Crippen molar-refractivity contribution >= 4 is 0 Å². The van der Waals surface area contributed by atoms with Gasteiger partial charge >= 0.3 is 0 Å². The monoisotopic (exact) mass is 331 g/mol. The van der Waals surface area contributed by atoms with Crippen LogP contribution < -0.4 is 9.47 Å². The van der Waals surface area contributed by atoms with Gasteiger partial charge in [0, 0.05) is 31.8 Å². The van der Waals surface area contributed by atoms with Crippen LogP contribution in [0.5, 0.6) is 11.5 Å². The first-order valence-corrected chi connectivity index (χ1v) is 8.89. The summed E-state index contributed by atoms with van der Waals surface area (Å²) in [4.78, 5) is 2.48. The molecule has 5 heteroatoms. The van der Waals surface area contributed by atoms with Crippen molar-refractivity contribution < 1.29 is 19.3 Å². The smallest absolute Gasteiger partial charge is 0.213 e. The molecule has 4 unspecified atom stereocenters. The van der Waals surface area contributed by atoms with E-state index in [1.807, 2.05) is 13.0 Å². The van der Waals surface area contributed by atoms with Crippen LogP contribution in [0.3, 0.4) is 0 Å². The van der Waals surface area contributed by atoms with Gasteiger partial charge in [0.25, 0.3) is 0 Å². The maximum atomic E-state index is 11.6. The summed E-state index contributed by atoms with van der Waals surface area (Å²) in [6, 6.07) is 4.23. The van der Waals surface area contributed by atoms with E-state index in [1.54, 1.807) is 14.2 Å². The van der Waals surface area contributed by atoms with Crippen molar-refractivity contribution in [3.05, 3.63) is 23.3 Å². The van der Waals surface area contributed by atoms with Crippen LogP contribution in [0.1, 0.15) is 30.9 Å². The maximum Gasteiger partial charge on any atom is 0.213 e. The number of likely N-dealkylation sites (tertiary alicyclic amines) is 1. The molecule has 5 nitrogen and oxygen atoms in total. The van der Waals surface area contributed by atoms with Crippen LogP contribution >= 0.6 is 0 Å². The predicted octanol–water partition coefficient (Wildman–Crippen LogP) is 1.70. The van der Waals surface area contributed by atoms with Gasteiger partial charge in [-0.2, -0.15) is 0 Å². The third-order valence-electron chi connectivity index (χ3n) is 6.76. The molecule has 2 heterocycles. The molecule has 1 saturated carbocycles. The highest BCUT2D eigenvalue weighted by atomic mass is 16.7. The molecule has 130 valence electrons. The lowest BCUT2D eigenvalue weighted by molar-refractivity contribution is -0.145. The lowest BCUT2D eigenvalue weighted by Gasteiger charge is -2.45. The second-order valence-corrected chi connectivity index (χ2v) is 8.03. The summed E-state index contributed by atoms with van der Waals surface area (Å²) in [7, 11) is 3.33. The molecule has 4 atom stereocenters. The van der Waals surface area contributed by atoms with Gasteiger partial charge in [-0.05, 0) is 43.7 Å². The quantitative estimate of drug-likeness (QED) is 0.910. The molecule has 24 heavy (non-hydrogen) atoms. The number of ether oxygens (including phenoxy) is 3. The fourth-order valence-corrected chi connectivity index (χ4v) is 5.36. The van der Waals surface area contributed by atoms with E-state index >= 15 is 0 Å². The van der Waals surface area contributed by atoms with E-state index in [2.05, 4.69) is 11.0 Å². The third-order valence-corrected chi connectivity index (χ3v) is 6.76. The Balaban J connectivity index is 1.70. The van der Waals surface area contributed by atoms with E-state index in [4.69, 9.17) is 14.2 Å². The topological polar surface area (TPSA) is 51.2 Å². The molecular formula is C19H25NO4. The molecule has 2 aliphatic carbocycles. The van der Waals surface area contributed by atoms with Gasteiger partial charge in [0.15, 0.2) is 11.5 Å². The van der Waals surface area contributed by atoms with E-state index in [0.717, 1.165) is 42.5 Å². The van der Waals surface area contributed by atoms with Gasteiger partial charge in [-0.1, -0.05) is 6.07 Å². The first-order chi connectivity index (χ1) is 11.5. The molecule has 1 aromatic carbocycles. The zero-order valence-corrected chi connectivity index (χ0v) is 14.5. The summed E-state index contributed by atoms with van der Waals surface area (Å²) in [6.45, 7) is 3.82. The van der Waals surface area contributed by atoms with Gasteiger partial charge in [-0.15, -0.1) is 0 Å². The summed E-state index contributed by atoms with van der Waals surface area (Å²) in [5.74, 6) is 2.27. The Bertz CT molecular complexity index is 699. The second-order valence-electron chi connectivity index (χ2n) is 8.03. The van der Waals surface area contributed by atoms with E-state index in [-0.39, 0.29) is 6.04 Å². The van der Waals surface area contributed by atoms with E-state index < -0.39 is 17.3 Å². The molecule has 1 aromatic rings. The van der Waals surface area contributed by atoms with Crippen molar-refractivity contribution in [3.63, 3.8) is 0 Å². The van der Waals surface area contributed by atoms with Crippen molar-refractivity contribution in [2.45, 2.75) is 49.5 Å². The van der Waals surface area contributed by atoms with Crippen LogP contribution in [0.25, 0.3) is 0 Å². The molecular weight excluding hydrogens is 306 g/mol. The van der Waals surface area contributed by atoms with Crippen molar-refractivity contribution in [3.8, 4) is 11.5 Å². The van der Waals surface area contributed by atoms with Crippen LogP contribution in [0.4, 0.5) is 0 Å². The standard InChI is InChI=1S/C19H25NO4/c1-18(21)14-8-12-6-7-13(22-2)16-15(12)19(18,17(23-3)24-16)10-20(14)9-11-4-5-11/h6-7,11,14,17,21H,4-5,8-10H2,1-3H3. The van der Waals surface area contributed by atoms with Gasteiger partial charge in [0.05, 0.1) is 12.7 Å². The van der Waals surface area contributed by atoms with Crippen molar-refractivity contribution in [2.24, 2.45) is 5.92 Å². The number of rotatable bonds is 4. The first-order valence-electron chi connectivity index (χ1n) is 8.89. The van der Waals surface area contributed by atoms with Crippen LogP contribution in [0.15, 0.2) is 12.1 Å². The van der Waals surface area contributed by atoms with Gasteiger partial charge in [-0.25, -0.2) is 0 Å². The Kier molecular flexibility index (Phi) is 2.91. The number of hydrogen-bond donors (Lipinski definition) is 1. The number of hydrogen-bond acceptors (Lipinski definition) is 5. The average molecular weight is 331 g/mol. The molecule has 5 rings (SSSR count). The molecule has 1 saturated heterocycles. The number of benzene rings is 1. The summed E-state index contributed by atoms with van der Waals surface area (Å²) in [5.41, 5.74) is 0.944. The zero-order valence-electron chi connectivity index (χ0n) is 14.5. The first kappa shape index (κ1) is 15.0. The minimum Gasteiger partial charge on any atom is -0.493 e. The Hall–Kier alpha value is -1.30. The van der Waals surface area contributed by atoms with Crippen molar-refractivity contribution in [1.82, 2.24) is 4.90 Å². The Labute approximate surface area is 142 Å². The van der Waals surface area contributed by atoms with Crippen LogP contribution in [-0.2, 0) is 16.6 Å². The highest BCUT2D eigenvalue weighted by molar-refractivity contribution is 5.62. The van der Waals surface area contributed by atoms with E-state index in [1.165, 1.54) is 18.4 Å². The number of methoxy groups -OCH3 is 2. The van der Waals surface area contributed by atoms with Gasteiger partial charge in [0.1, 0.15) is 5.41 Å². The Morgan fingerprint density at radius 1 is 1.33 bits per heavy atom. The van der Waals surface area contributed by atoms with Crippen molar-refractivity contribution in [1.29, 1.82) is 0 Å². The van der Waals surface area contributed by atoms with Crippen molar-refractivity contribution in [2.75, 3.05) is 27.3 Å². The van der Waals surface area contributed by atoms with Gasteiger partial charge in [-0.3, -0.25) is 4.90 Å². The second kappa shape index (κ2) is 4.65. The van der Waals surface area contributed by atoms with Crippen LogP contribution in [0, 0.1) is 5.92 Å². The van der Waals surface area contributed by atoms with Crippen LogP contribution in [0.2, 0.25) is 0 Å². The number of aliphatic hydroxyl groups is 1. The molecule has 1 N–H and O–H groups in total. The maximum absolute atomic E-state index is 11.6. The van der Waals surface area contributed by atoms with Gasteiger partial charge in [0.2, 0.25) is 6.29 Å². The highest BCUT2D eigenvalue weighted by Crippen LogP contribution is 2.62. The van der Waals surface area contributed by atoms with Crippen LogP contribution in [-0.4, -0.2) is 55.2 Å². The normalized spacial score (nSPS) is 39.7. The molecule has 0 amide bonds. The highest BCUT2D eigenvalue weighted by Gasteiger charge is 2.72. The molecule has 2 aliphatic heterocycles. The zero-order chi connectivity index (χ0) is 16.7. The lowest BCUT2D eigenvalue weighted by atomic mass is 9.62. The van der Waals surface area contributed by atoms with Gasteiger partial charge < -0.3 is 19.3 Å². The molecule has 2 fully saturated rings. The Morgan fingerprint density at radius 3 is 2.79 bits per heavy atom. The predicted molar refractivity (Wildman–Crippen MR) is 88.5 cm³/mol. The Morgan fingerprint density at radius 2 is 2.12 bits per heavy atom. The average Bonchev–Trinajstić information content (AvgIpc) is 3.29. The molecule has 0 radical (unpaired) electrons. The minimum atomic E-state index is -0.882. The lowest BCUT2D eigenvalue weighted by Crippen LogP contribution is -2.61. The number of nitrogens with zero attached hydrogens (tertiary/aromatic N) is 1.